The number of carboxylic acids is 1. The second kappa shape index (κ2) is 7.95. The summed E-state index contributed by atoms with van der Waals surface area (Å²) in [5.41, 5.74) is 11.8. The van der Waals surface area contributed by atoms with Gasteiger partial charge in [-0.3, -0.25) is 4.90 Å². The maximum absolute atomic E-state index is 12.1. The van der Waals surface area contributed by atoms with Crippen LogP contribution >= 0.6 is 0 Å². The lowest BCUT2D eigenvalue weighted by Crippen LogP contribution is -2.58. The van der Waals surface area contributed by atoms with Crippen LogP contribution in [0.15, 0.2) is 22.1 Å². The standard InChI is InChI=1S/C19H27N5O4/c1-3-27-14-10-12(16(25)26)13(11-15(14)28-4-2)24-18(21)22-17(20)23-19(24)8-6-5-7-9-19/h10-11H,3-9H2,1-2H3,(H,25,26)(H4,20,21,22,23). The van der Waals surface area contributed by atoms with E-state index in [2.05, 4.69) is 9.98 Å². The highest BCUT2D eigenvalue weighted by Gasteiger charge is 2.44. The fourth-order valence-electron chi connectivity index (χ4n) is 3.91. The number of benzene rings is 1. The fraction of sp³-hybridized carbons (Fsp3) is 0.526. The predicted octanol–water partition coefficient (Wildman–Crippen LogP) is 2.29. The Bertz CT molecular complexity index is 815. The molecule has 3 rings (SSSR count). The summed E-state index contributed by atoms with van der Waals surface area (Å²) in [5, 5.41) is 9.87. The molecule has 2 aliphatic rings. The number of aromatic carboxylic acids is 1. The van der Waals surface area contributed by atoms with Gasteiger partial charge in [0.25, 0.3) is 0 Å². The van der Waals surface area contributed by atoms with E-state index in [0.717, 1.165) is 19.3 Å². The van der Waals surface area contributed by atoms with Crippen molar-refractivity contribution >= 4 is 23.6 Å². The molecule has 28 heavy (non-hydrogen) atoms. The SMILES string of the molecule is CCOc1cc(C(=O)O)c(N2C(N)=NC(N)=NC23CCCCC3)cc1OCC. The molecule has 0 saturated heterocycles. The van der Waals surface area contributed by atoms with Crippen molar-refractivity contribution in [2.75, 3.05) is 18.1 Å². The summed E-state index contributed by atoms with van der Waals surface area (Å²) in [7, 11) is 0. The molecule has 5 N–H and O–H groups in total. The summed E-state index contributed by atoms with van der Waals surface area (Å²) >= 11 is 0. The maximum Gasteiger partial charge on any atom is 0.337 e. The van der Waals surface area contributed by atoms with Crippen LogP contribution in [-0.4, -0.2) is 41.9 Å². The van der Waals surface area contributed by atoms with Crippen molar-refractivity contribution in [1.29, 1.82) is 0 Å². The van der Waals surface area contributed by atoms with Gasteiger partial charge in [0.1, 0.15) is 5.66 Å². The van der Waals surface area contributed by atoms with Crippen molar-refractivity contribution in [2.45, 2.75) is 51.6 Å². The molecule has 1 aliphatic carbocycles. The fourth-order valence-corrected chi connectivity index (χ4v) is 3.91. The molecular formula is C19H27N5O4. The molecule has 152 valence electrons. The summed E-state index contributed by atoms with van der Waals surface area (Å²) in [6.45, 7) is 4.47. The van der Waals surface area contributed by atoms with Crippen LogP contribution in [0.2, 0.25) is 0 Å². The summed E-state index contributed by atoms with van der Waals surface area (Å²) < 4.78 is 11.3. The third kappa shape index (κ3) is 3.56. The molecule has 0 amide bonds. The Hall–Kier alpha value is -2.97. The Kier molecular flexibility index (Phi) is 5.62. The summed E-state index contributed by atoms with van der Waals surface area (Å²) in [4.78, 5) is 22.5. The molecule has 1 fully saturated rings. The molecule has 0 atom stereocenters. The van der Waals surface area contributed by atoms with Gasteiger partial charge in [-0.15, -0.1) is 0 Å². The van der Waals surface area contributed by atoms with Crippen molar-refractivity contribution in [3.05, 3.63) is 17.7 Å². The Labute approximate surface area is 164 Å². The van der Waals surface area contributed by atoms with Crippen molar-refractivity contribution < 1.29 is 19.4 Å². The van der Waals surface area contributed by atoms with Gasteiger partial charge in [-0.2, -0.15) is 4.99 Å². The van der Waals surface area contributed by atoms with E-state index in [1.165, 1.54) is 6.07 Å². The lowest BCUT2D eigenvalue weighted by atomic mass is 9.87. The highest BCUT2D eigenvalue weighted by Crippen LogP contribution is 2.43. The van der Waals surface area contributed by atoms with Gasteiger partial charge in [0.2, 0.25) is 11.9 Å². The lowest BCUT2D eigenvalue weighted by molar-refractivity contribution is 0.0697. The third-order valence-electron chi connectivity index (χ3n) is 4.98. The van der Waals surface area contributed by atoms with Gasteiger partial charge in [0.05, 0.1) is 24.5 Å². The minimum Gasteiger partial charge on any atom is -0.490 e. The molecule has 1 heterocycles. The Morgan fingerprint density at radius 2 is 1.75 bits per heavy atom. The number of rotatable bonds is 6. The van der Waals surface area contributed by atoms with Crippen molar-refractivity contribution in [3.63, 3.8) is 0 Å². The quantitative estimate of drug-likeness (QED) is 0.679. The van der Waals surface area contributed by atoms with Gasteiger partial charge >= 0.3 is 5.97 Å². The molecular weight excluding hydrogens is 362 g/mol. The highest BCUT2D eigenvalue weighted by atomic mass is 16.5. The van der Waals surface area contributed by atoms with Crippen LogP contribution in [-0.2, 0) is 0 Å². The monoisotopic (exact) mass is 389 g/mol. The molecule has 1 aromatic carbocycles. The number of nitrogens with zero attached hydrogens (tertiary/aromatic N) is 3. The van der Waals surface area contributed by atoms with E-state index in [1.807, 2.05) is 13.8 Å². The first-order valence-electron chi connectivity index (χ1n) is 9.58. The van der Waals surface area contributed by atoms with Gasteiger partial charge in [-0.1, -0.05) is 6.42 Å². The Balaban J connectivity index is 2.20. The van der Waals surface area contributed by atoms with Crippen LogP contribution in [0.1, 0.15) is 56.3 Å². The molecule has 9 heteroatoms. The molecule has 1 spiro atoms. The number of ether oxygens (including phenoxy) is 2. The lowest BCUT2D eigenvalue weighted by Gasteiger charge is -2.46. The smallest absolute Gasteiger partial charge is 0.337 e. The highest BCUT2D eigenvalue weighted by molar-refractivity contribution is 6.09. The van der Waals surface area contributed by atoms with E-state index in [0.29, 0.717) is 43.2 Å². The molecule has 1 aromatic rings. The number of hydrogen-bond acceptors (Lipinski definition) is 8. The molecule has 9 nitrogen and oxygen atoms in total. The van der Waals surface area contributed by atoms with Crippen LogP contribution < -0.4 is 25.8 Å². The van der Waals surface area contributed by atoms with Gasteiger partial charge in [-0.05, 0) is 39.5 Å². The number of guanidine groups is 2. The van der Waals surface area contributed by atoms with Crippen LogP contribution in [0.3, 0.4) is 0 Å². The molecule has 0 unspecified atom stereocenters. The summed E-state index contributed by atoms with van der Waals surface area (Å²) in [6.07, 6.45) is 4.39. The zero-order chi connectivity index (χ0) is 20.3. The zero-order valence-corrected chi connectivity index (χ0v) is 16.3. The number of nitrogens with two attached hydrogens (primary N) is 2. The van der Waals surface area contributed by atoms with Crippen LogP contribution in [0.4, 0.5) is 5.69 Å². The first kappa shape index (κ1) is 19.8. The number of carbonyl (C=O) groups is 1. The minimum atomic E-state index is -1.10. The maximum atomic E-state index is 12.1. The average molecular weight is 389 g/mol. The van der Waals surface area contributed by atoms with Crippen molar-refractivity contribution in [2.24, 2.45) is 21.5 Å². The zero-order valence-electron chi connectivity index (χ0n) is 16.3. The molecule has 0 aromatic heterocycles. The van der Waals surface area contributed by atoms with E-state index >= 15 is 0 Å². The topological polar surface area (TPSA) is 136 Å². The first-order valence-corrected chi connectivity index (χ1v) is 9.58. The van der Waals surface area contributed by atoms with Crippen molar-refractivity contribution in [1.82, 2.24) is 0 Å². The van der Waals surface area contributed by atoms with Crippen LogP contribution in [0.5, 0.6) is 11.5 Å². The second-order valence-electron chi connectivity index (χ2n) is 6.81. The third-order valence-corrected chi connectivity index (χ3v) is 4.98. The number of carboxylic acid groups (broad SMARTS) is 1. The normalized spacial score (nSPS) is 18.4. The first-order chi connectivity index (χ1) is 13.4. The van der Waals surface area contributed by atoms with E-state index in [-0.39, 0.29) is 17.5 Å². The number of anilines is 1. The average Bonchev–Trinajstić information content (AvgIpc) is 2.63. The summed E-state index contributed by atoms with van der Waals surface area (Å²) in [5.74, 6) is -0.0309. The Morgan fingerprint density at radius 1 is 1.14 bits per heavy atom. The van der Waals surface area contributed by atoms with E-state index in [4.69, 9.17) is 20.9 Å². The largest absolute Gasteiger partial charge is 0.490 e. The van der Waals surface area contributed by atoms with Gasteiger partial charge in [0.15, 0.2) is 11.5 Å². The molecule has 1 saturated carbocycles. The summed E-state index contributed by atoms with van der Waals surface area (Å²) in [6, 6.07) is 3.12. The van der Waals surface area contributed by atoms with Crippen LogP contribution in [0, 0.1) is 0 Å². The minimum absolute atomic E-state index is 0.0469. The van der Waals surface area contributed by atoms with E-state index in [1.54, 1.807) is 11.0 Å². The van der Waals surface area contributed by atoms with Crippen molar-refractivity contribution in [3.8, 4) is 11.5 Å². The van der Waals surface area contributed by atoms with Gasteiger partial charge in [0, 0.05) is 12.1 Å². The molecule has 0 bridgehead atoms. The molecule has 1 aliphatic heterocycles. The number of hydrogen-bond donors (Lipinski definition) is 3. The van der Waals surface area contributed by atoms with Crippen LogP contribution in [0.25, 0.3) is 0 Å². The van der Waals surface area contributed by atoms with E-state index in [9.17, 15) is 9.90 Å². The second-order valence-corrected chi connectivity index (χ2v) is 6.81. The number of aliphatic imine (C=N–C) groups is 2. The molecule has 0 radical (unpaired) electrons. The van der Waals surface area contributed by atoms with Gasteiger partial charge < -0.3 is 26.0 Å². The predicted molar refractivity (Wildman–Crippen MR) is 107 cm³/mol. The van der Waals surface area contributed by atoms with Gasteiger partial charge in [-0.25, -0.2) is 9.79 Å². The van der Waals surface area contributed by atoms with E-state index < -0.39 is 11.6 Å². The Morgan fingerprint density at radius 3 is 2.32 bits per heavy atom.